The summed E-state index contributed by atoms with van der Waals surface area (Å²) in [5.74, 6) is -2.24. The highest BCUT2D eigenvalue weighted by atomic mass is 79.9. The van der Waals surface area contributed by atoms with Gasteiger partial charge in [0, 0.05) is 28.8 Å². The molecule has 0 aliphatic carbocycles. The molecule has 0 radical (unpaired) electrons. The average Bonchev–Trinajstić information content (AvgIpc) is 2.98. The summed E-state index contributed by atoms with van der Waals surface area (Å²) in [7, 11) is 0. The van der Waals surface area contributed by atoms with Crippen LogP contribution in [0.25, 0.3) is 0 Å². The molecule has 2 aromatic carbocycles. The standard InChI is InChI=1S/C18H15BrN2O4/c19-13-4-6-15(7-5-13)21-10-12(9-16(21)22)17(23)20-14-3-1-2-11(8-14)18(24)25/h1-8,12H,9-10H2,(H,20,23)(H,24,25)/p-1/t12-/m0/s1. The minimum Gasteiger partial charge on any atom is -0.545 e. The first kappa shape index (κ1) is 17.2. The van der Waals surface area contributed by atoms with E-state index in [0.717, 1.165) is 10.2 Å². The van der Waals surface area contributed by atoms with Crippen LogP contribution < -0.4 is 15.3 Å². The lowest BCUT2D eigenvalue weighted by Gasteiger charge is -2.17. The summed E-state index contributed by atoms with van der Waals surface area (Å²) in [6.45, 7) is 0.284. The number of amides is 2. The fourth-order valence-electron chi connectivity index (χ4n) is 2.72. The molecule has 0 aromatic heterocycles. The van der Waals surface area contributed by atoms with Crippen molar-refractivity contribution in [1.29, 1.82) is 0 Å². The number of anilines is 2. The zero-order chi connectivity index (χ0) is 18.0. The Balaban J connectivity index is 1.69. The zero-order valence-corrected chi connectivity index (χ0v) is 14.7. The zero-order valence-electron chi connectivity index (χ0n) is 13.1. The Hall–Kier alpha value is -2.67. The monoisotopic (exact) mass is 401 g/mol. The van der Waals surface area contributed by atoms with Gasteiger partial charge in [0.05, 0.1) is 11.9 Å². The molecule has 0 unspecified atom stereocenters. The van der Waals surface area contributed by atoms with Gasteiger partial charge in [0.1, 0.15) is 0 Å². The van der Waals surface area contributed by atoms with E-state index < -0.39 is 11.9 Å². The van der Waals surface area contributed by atoms with E-state index in [4.69, 9.17) is 0 Å². The van der Waals surface area contributed by atoms with E-state index in [1.807, 2.05) is 24.3 Å². The number of carbonyl (C=O) groups excluding carboxylic acids is 3. The number of halogens is 1. The van der Waals surface area contributed by atoms with Gasteiger partial charge in [0.25, 0.3) is 0 Å². The van der Waals surface area contributed by atoms with Crippen LogP contribution in [-0.2, 0) is 9.59 Å². The quantitative estimate of drug-likeness (QED) is 0.845. The highest BCUT2D eigenvalue weighted by Gasteiger charge is 2.35. The molecule has 3 rings (SSSR count). The number of rotatable bonds is 4. The number of carboxylic acids is 1. The second kappa shape index (κ2) is 7.06. The van der Waals surface area contributed by atoms with Gasteiger partial charge in [-0.05, 0) is 42.0 Å². The lowest BCUT2D eigenvalue weighted by Crippen LogP contribution is -2.28. The molecule has 0 spiro atoms. The molecule has 1 aliphatic rings. The lowest BCUT2D eigenvalue weighted by molar-refractivity contribution is -0.255. The van der Waals surface area contributed by atoms with E-state index in [1.165, 1.54) is 18.2 Å². The second-order valence-electron chi connectivity index (χ2n) is 5.74. The van der Waals surface area contributed by atoms with E-state index >= 15 is 0 Å². The summed E-state index contributed by atoms with van der Waals surface area (Å²) < 4.78 is 0.907. The van der Waals surface area contributed by atoms with Crippen LogP contribution in [0.5, 0.6) is 0 Å². The molecule has 1 N–H and O–H groups in total. The Kier molecular flexibility index (Phi) is 4.85. The normalized spacial score (nSPS) is 16.8. The van der Waals surface area contributed by atoms with Crippen molar-refractivity contribution < 1.29 is 19.5 Å². The topological polar surface area (TPSA) is 89.5 Å². The molecule has 0 saturated carbocycles. The van der Waals surface area contributed by atoms with Gasteiger partial charge in [0.15, 0.2) is 0 Å². The van der Waals surface area contributed by atoms with E-state index in [9.17, 15) is 19.5 Å². The maximum absolute atomic E-state index is 12.4. The van der Waals surface area contributed by atoms with Crippen molar-refractivity contribution in [3.63, 3.8) is 0 Å². The smallest absolute Gasteiger partial charge is 0.229 e. The maximum Gasteiger partial charge on any atom is 0.229 e. The maximum atomic E-state index is 12.4. The molecule has 25 heavy (non-hydrogen) atoms. The van der Waals surface area contributed by atoms with Gasteiger partial charge in [-0.2, -0.15) is 0 Å². The van der Waals surface area contributed by atoms with E-state index in [0.29, 0.717) is 5.69 Å². The lowest BCUT2D eigenvalue weighted by atomic mass is 10.1. The Labute approximate surface area is 152 Å². The van der Waals surface area contributed by atoms with Crippen molar-refractivity contribution in [1.82, 2.24) is 0 Å². The first-order valence-corrected chi connectivity index (χ1v) is 8.41. The molecule has 2 aromatic rings. The summed E-state index contributed by atoms with van der Waals surface area (Å²) in [5.41, 5.74) is 1.08. The van der Waals surface area contributed by atoms with Gasteiger partial charge >= 0.3 is 0 Å². The third-order valence-corrected chi connectivity index (χ3v) is 4.53. The number of hydrogen-bond acceptors (Lipinski definition) is 4. The van der Waals surface area contributed by atoms with Crippen LogP contribution in [0.2, 0.25) is 0 Å². The SMILES string of the molecule is O=C([O-])c1cccc(NC(=O)[C@H]2CC(=O)N(c3ccc(Br)cc3)C2)c1. The fourth-order valence-corrected chi connectivity index (χ4v) is 2.99. The molecule has 1 fully saturated rings. The van der Waals surface area contributed by atoms with Crippen LogP contribution >= 0.6 is 15.9 Å². The first-order valence-electron chi connectivity index (χ1n) is 7.62. The van der Waals surface area contributed by atoms with E-state index in [1.54, 1.807) is 11.0 Å². The second-order valence-corrected chi connectivity index (χ2v) is 6.65. The number of nitrogens with zero attached hydrogens (tertiary/aromatic N) is 1. The fraction of sp³-hybridized carbons (Fsp3) is 0.167. The number of hydrogen-bond donors (Lipinski definition) is 1. The van der Waals surface area contributed by atoms with Gasteiger partial charge in [-0.1, -0.05) is 28.1 Å². The summed E-state index contributed by atoms with van der Waals surface area (Å²) in [4.78, 5) is 37.1. The van der Waals surface area contributed by atoms with Crippen molar-refractivity contribution >= 4 is 45.1 Å². The number of nitrogens with one attached hydrogen (secondary N) is 1. The van der Waals surface area contributed by atoms with Gasteiger partial charge in [-0.3, -0.25) is 9.59 Å². The molecule has 2 amide bonds. The largest absolute Gasteiger partial charge is 0.545 e. The number of carboxylic acid groups (broad SMARTS) is 1. The van der Waals surface area contributed by atoms with E-state index in [-0.39, 0.29) is 30.3 Å². The molecule has 1 saturated heterocycles. The van der Waals surface area contributed by atoms with Crippen LogP contribution in [0.1, 0.15) is 16.8 Å². The first-order chi connectivity index (χ1) is 11.9. The molecule has 1 aliphatic heterocycles. The summed E-state index contributed by atoms with van der Waals surface area (Å²) >= 11 is 3.34. The molecule has 128 valence electrons. The minimum absolute atomic E-state index is 0.0169. The van der Waals surface area contributed by atoms with Crippen LogP contribution in [0.15, 0.2) is 53.0 Å². The highest BCUT2D eigenvalue weighted by Crippen LogP contribution is 2.27. The molecule has 1 heterocycles. The van der Waals surface area contributed by atoms with E-state index in [2.05, 4.69) is 21.2 Å². The van der Waals surface area contributed by atoms with Crippen molar-refractivity contribution in [2.45, 2.75) is 6.42 Å². The van der Waals surface area contributed by atoms with Gasteiger partial charge < -0.3 is 20.1 Å². The molecule has 6 nitrogen and oxygen atoms in total. The van der Waals surface area contributed by atoms with Crippen LogP contribution in [0, 0.1) is 5.92 Å². The van der Waals surface area contributed by atoms with Gasteiger partial charge in [0.2, 0.25) is 11.8 Å². The predicted octanol–water partition coefficient (Wildman–Crippen LogP) is 1.80. The summed E-state index contributed by atoms with van der Waals surface area (Å²) in [5, 5.41) is 13.5. The third kappa shape index (κ3) is 3.88. The number of carbonyl (C=O) groups is 3. The Morgan fingerprint density at radius 3 is 2.56 bits per heavy atom. The van der Waals surface area contributed by atoms with Crippen molar-refractivity contribution in [3.8, 4) is 0 Å². The highest BCUT2D eigenvalue weighted by molar-refractivity contribution is 9.10. The van der Waals surface area contributed by atoms with Crippen LogP contribution in [0.3, 0.4) is 0 Å². The van der Waals surface area contributed by atoms with Crippen molar-refractivity contribution in [2.75, 3.05) is 16.8 Å². The van der Waals surface area contributed by atoms with Crippen LogP contribution in [-0.4, -0.2) is 24.3 Å². The minimum atomic E-state index is -1.31. The van der Waals surface area contributed by atoms with Gasteiger partial charge in [-0.25, -0.2) is 0 Å². The Morgan fingerprint density at radius 1 is 1.16 bits per heavy atom. The molecule has 1 atom stereocenters. The molecular formula is C18H14BrN2O4-. The Morgan fingerprint density at radius 2 is 1.88 bits per heavy atom. The third-order valence-electron chi connectivity index (χ3n) is 4.00. The number of aromatic carboxylic acids is 1. The molecule has 0 bridgehead atoms. The summed E-state index contributed by atoms with van der Waals surface area (Å²) in [6, 6.07) is 13.1. The molecule has 7 heteroatoms. The van der Waals surface area contributed by atoms with Gasteiger partial charge in [-0.15, -0.1) is 0 Å². The average molecular weight is 402 g/mol. The Bertz CT molecular complexity index is 835. The predicted molar refractivity (Wildman–Crippen MR) is 94.0 cm³/mol. The van der Waals surface area contributed by atoms with Crippen molar-refractivity contribution in [3.05, 3.63) is 58.6 Å². The number of benzene rings is 2. The van der Waals surface area contributed by atoms with Crippen molar-refractivity contribution in [2.24, 2.45) is 5.92 Å². The molecular weight excluding hydrogens is 388 g/mol. The van der Waals surface area contributed by atoms with Crippen LogP contribution in [0.4, 0.5) is 11.4 Å². The summed E-state index contributed by atoms with van der Waals surface area (Å²) in [6.07, 6.45) is 0.113.